The van der Waals surface area contributed by atoms with Crippen molar-refractivity contribution in [2.45, 2.75) is 27.0 Å². The SMILES string of the molecule is CCOc1cc(/C=C2\SC(=O)N(Cc3cccc(C)c3)C2=O)ccc1OCc1ccccc1Cl. The number of hydrogen-bond acceptors (Lipinski definition) is 5. The van der Waals surface area contributed by atoms with E-state index in [-0.39, 0.29) is 17.7 Å². The van der Waals surface area contributed by atoms with Crippen molar-refractivity contribution in [3.05, 3.63) is 98.9 Å². The minimum absolute atomic E-state index is 0.253. The van der Waals surface area contributed by atoms with E-state index in [4.69, 9.17) is 21.1 Å². The molecule has 0 saturated carbocycles. The molecule has 3 aromatic rings. The Morgan fingerprint density at radius 2 is 1.79 bits per heavy atom. The van der Waals surface area contributed by atoms with Crippen molar-refractivity contribution in [3.8, 4) is 11.5 Å². The molecule has 1 heterocycles. The molecule has 3 aromatic carbocycles. The lowest BCUT2D eigenvalue weighted by atomic mass is 10.1. The summed E-state index contributed by atoms with van der Waals surface area (Å²) in [6.07, 6.45) is 1.71. The molecule has 1 aliphatic heterocycles. The number of carbonyl (C=O) groups excluding carboxylic acids is 2. The third kappa shape index (κ3) is 5.64. The Hall–Kier alpha value is -3.22. The fourth-order valence-corrected chi connectivity index (χ4v) is 4.58. The fourth-order valence-electron chi connectivity index (χ4n) is 3.55. The van der Waals surface area contributed by atoms with Crippen molar-refractivity contribution in [2.75, 3.05) is 6.61 Å². The van der Waals surface area contributed by atoms with E-state index in [9.17, 15) is 9.59 Å². The Bertz CT molecular complexity index is 1260. The summed E-state index contributed by atoms with van der Waals surface area (Å²) >= 11 is 7.17. The van der Waals surface area contributed by atoms with Gasteiger partial charge in [-0.2, -0.15) is 0 Å². The number of rotatable bonds is 8. The van der Waals surface area contributed by atoms with Crippen LogP contribution in [0.4, 0.5) is 4.79 Å². The number of imide groups is 1. The van der Waals surface area contributed by atoms with Gasteiger partial charge in [0.25, 0.3) is 11.1 Å². The molecule has 4 rings (SSSR count). The summed E-state index contributed by atoms with van der Waals surface area (Å²) in [5.41, 5.74) is 3.62. The van der Waals surface area contributed by atoms with Crippen LogP contribution in [0, 0.1) is 6.92 Å². The minimum Gasteiger partial charge on any atom is -0.490 e. The highest BCUT2D eigenvalue weighted by molar-refractivity contribution is 8.18. The first kappa shape index (κ1) is 23.9. The van der Waals surface area contributed by atoms with Crippen LogP contribution in [0.3, 0.4) is 0 Å². The van der Waals surface area contributed by atoms with Gasteiger partial charge in [0, 0.05) is 10.6 Å². The predicted octanol–water partition coefficient (Wildman–Crippen LogP) is 6.86. The molecule has 0 bridgehead atoms. The molecule has 0 aliphatic carbocycles. The molecule has 0 unspecified atom stereocenters. The van der Waals surface area contributed by atoms with E-state index in [0.29, 0.717) is 34.6 Å². The summed E-state index contributed by atoms with van der Waals surface area (Å²) in [6.45, 7) is 4.88. The van der Waals surface area contributed by atoms with Gasteiger partial charge in [-0.3, -0.25) is 14.5 Å². The van der Waals surface area contributed by atoms with Crippen LogP contribution in [0.2, 0.25) is 5.02 Å². The second-order valence-corrected chi connectivity index (χ2v) is 9.18. The molecule has 7 heteroatoms. The number of benzene rings is 3. The summed E-state index contributed by atoms with van der Waals surface area (Å²) in [5.74, 6) is 0.835. The Kier molecular flexibility index (Phi) is 7.60. The Morgan fingerprint density at radius 3 is 2.56 bits per heavy atom. The summed E-state index contributed by atoms with van der Waals surface area (Å²) < 4.78 is 11.7. The van der Waals surface area contributed by atoms with Gasteiger partial charge in [0.2, 0.25) is 0 Å². The van der Waals surface area contributed by atoms with E-state index in [1.54, 1.807) is 18.2 Å². The lowest BCUT2D eigenvalue weighted by Gasteiger charge is -2.14. The number of aryl methyl sites for hydroxylation is 1. The van der Waals surface area contributed by atoms with Crippen LogP contribution in [0.15, 0.2) is 71.6 Å². The number of nitrogens with zero attached hydrogens (tertiary/aromatic N) is 1. The van der Waals surface area contributed by atoms with Gasteiger partial charge in [-0.15, -0.1) is 0 Å². The van der Waals surface area contributed by atoms with Gasteiger partial charge < -0.3 is 9.47 Å². The lowest BCUT2D eigenvalue weighted by Crippen LogP contribution is -2.27. The summed E-state index contributed by atoms with van der Waals surface area (Å²) in [7, 11) is 0. The zero-order valence-electron chi connectivity index (χ0n) is 18.9. The van der Waals surface area contributed by atoms with Gasteiger partial charge in [-0.1, -0.05) is 65.7 Å². The van der Waals surface area contributed by atoms with Crippen LogP contribution in [-0.2, 0) is 17.9 Å². The topological polar surface area (TPSA) is 55.8 Å². The quantitative estimate of drug-likeness (QED) is 0.321. The molecular weight excluding hydrogens is 470 g/mol. The third-order valence-electron chi connectivity index (χ3n) is 5.20. The largest absolute Gasteiger partial charge is 0.490 e. The predicted molar refractivity (Wildman–Crippen MR) is 136 cm³/mol. The number of halogens is 1. The number of thioether (sulfide) groups is 1. The van der Waals surface area contributed by atoms with Crippen LogP contribution in [0.5, 0.6) is 11.5 Å². The second kappa shape index (κ2) is 10.8. The first-order valence-corrected chi connectivity index (χ1v) is 12.1. The maximum absolute atomic E-state index is 12.9. The smallest absolute Gasteiger partial charge is 0.293 e. The molecule has 0 aromatic heterocycles. The first-order valence-electron chi connectivity index (χ1n) is 10.9. The second-order valence-electron chi connectivity index (χ2n) is 7.78. The van der Waals surface area contributed by atoms with Crippen LogP contribution in [0.25, 0.3) is 6.08 Å². The molecule has 0 spiro atoms. The van der Waals surface area contributed by atoms with Crippen LogP contribution in [-0.4, -0.2) is 22.7 Å². The van der Waals surface area contributed by atoms with E-state index >= 15 is 0 Å². The van der Waals surface area contributed by atoms with Crippen LogP contribution in [0.1, 0.15) is 29.2 Å². The van der Waals surface area contributed by atoms with Crippen molar-refractivity contribution >= 4 is 40.6 Å². The third-order valence-corrected chi connectivity index (χ3v) is 6.48. The van der Waals surface area contributed by atoms with Gasteiger partial charge in [0.15, 0.2) is 11.5 Å². The van der Waals surface area contributed by atoms with E-state index in [1.807, 2.05) is 68.4 Å². The van der Waals surface area contributed by atoms with E-state index < -0.39 is 0 Å². The molecule has 34 heavy (non-hydrogen) atoms. The molecule has 0 radical (unpaired) electrons. The van der Waals surface area contributed by atoms with Gasteiger partial charge >= 0.3 is 0 Å². The highest BCUT2D eigenvalue weighted by atomic mass is 35.5. The molecular formula is C27H24ClNO4S. The van der Waals surface area contributed by atoms with Crippen molar-refractivity contribution in [2.24, 2.45) is 0 Å². The Balaban J connectivity index is 1.51. The molecule has 1 aliphatic rings. The highest BCUT2D eigenvalue weighted by Gasteiger charge is 2.35. The maximum Gasteiger partial charge on any atom is 0.293 e. The van der Waals surface area contributed by atoms with Gasteiger partial charge in [-0.05, 0) is 61.0 Å². The van der Waals surface area contributed by atoms with Crippen molar-refractivity contribution in [3.63, 3.8) is 0 Å². The van der Waals surface area contributed by atoms with E-state index in [0.717, 1.165) is 34.0 Å². The van der Waals surface area contributed by atoms with Gasteiger partial charge in [-0.25, -0.2) is 0 Å². The van der Waals surface area contributed by atoms with E-state index in [1.165, 1.54) is 4.90 Å². The number of carbonyl (C=O) groups is 2. The summed E-state index contributed by atoms with van der Waals surface area (Å²) in [4.78, 5) is 27.1. The number of amides is 2. The highest BCUT2D eigenvalue weighted by Crippen LogP contribution is 2.36. The van der Waals surface area contributed by atoms with Gasteiger partial charge in [0.1, 0.15) is 6.61 Å². The first-order chi connectivity index (χ1) is 16.4. The average Bonchev–Trinajstić information content (AvgIpc) is 3.07. The van der Waals surface area contributed by atoms with Crippen LogP contribution < -0.4 is 9.47 Å². The Labute approximate surface area is 208 Å². The standard InChI is InChI=1S/C27H24ClNO4S/c1-3-32-24-14-19(11-12-23(24)33-17-21-9-4-5-10-22(21)28)15-25-26(30)29(27(31)34-25)16-20-8-6-7-18(2)13-20/h4-15H,3,16-17H2,1-2H3/b25-15-. The van der Waals surface area contributed by atoms with Crippen LogP contribution >= 0.6 is 23.4 Å². The number of hydrogen-bond donors (Lipinski definition) is 0. The minimum atomic E-state index is -0.298. The molecule has 1 saturated heterocycles. The summed E-state index contributed by atoms with van der Waals surface area (Å²) in [5, 5.41) is 0.362. The average molecular weight is 494 g/mol. The number of ether oxygens (including phenoxy) is 2. The lowest BCUT2D eigenvalue weighted by molar-refractivity contribution is -0.123. The van der Waals surface area contributed by atoms with Crippen molar-refractivity contribution in [1.82, 2.24) is 4.90 Å². The van der Waals surface area contributed by atoms with Crippen molar-refractivity contribution in [1.29, 1.82) is 0 Å². The fraction of sp³-hybridized carbons (Fsp3) is 0.185. The van der Waals surface area contributed by atoms with E-state index in [2.05, 4.69) is 0 Å². The molecule has 1 fully saturated rings. The molecule has 5 nitrogen and oxygen atoms in total. The summed E-state index contributed by atoms with van der Waals surface area (Å²) in [6, 6.07) is 20.7. The molecule has 174 valence electrons. The normalized spacial score (nSPS) is 14.7. The monoisotopic (exact) mass is 493 g/mol. The van der Waals surface area contributed by atoms with Crippen molar-refractivity contribution < 1.29 is 19.1 Å². The Morgan fingerprint density at radius 1 is 0.971 bits per heavy atom. The zero-order chi connectivity index (χ0) is 24.1. The molecule has 2 amide bonds. The molecule has 0 atom stereocenters. The molecule has 0 N–H and O–H groups in total. The van der Waals surface area contributed by atoms with Gasteiger partial charge in [0.05, 0.1) is 18.1 Å². The maximum atomic E-state index is 12.9. The zero-order valence-corrected chi connectivity index (χ0v) is 20.5.